The molecule has 2 amide bonds. The Morgan fingerprint density at radius 2 is 1.04 bits per heavy atom. The second kappa shape index (κ2) is 29.9. The SMILES string of the molecule is CCCCCCCCCCCCNC1CCN(S(=O)(=O)c2ccc(CNC(=O)c3cccc(OC)c3)s2)C1.COc1cccc(C(=O)NCc2ccc(S(=O)(=O)N3CCC(NCCC4CCCCC4)C3)s2)c1. The van der Waals surface area contributed by atoms with Crippen molar-refractivity contribution < 1.29 is 35.9 Å². The summed E-state index contributed by atoms with van der Waals surface area (Å²) in [7, 11) is -3.92. The molecule has 18 heteroatoms. The number of benzene rings is 2. The summed E-state index contributed by atoms with van der Waals surface area (Å²) in [6.07, 6.45) is 22.8. The molecule has 4 heterocycles. The number of carbonyl (C=O) groups is 2. The molecular weight excluding hydrogens is 989 g/mol. The summed E-state index contributed by atoms with van der Waals surface area (Å²) >= 11 is 2.44. The van der Waals surface area contributed by atoms with Gasteiger partial charge in [0.15, 0.2) is 0 Å². The first-order valence-electron chi connectivity index (χ1n) is 26.4. The van der Waals surface area contributed by atoms with Crippen molar-refractivity contribution in [3.63, 3.8) is 0 Å². The van der Waals surface area contributed by atoms with E-state index in [-0.39, 0.29) is 37.0 Å². The minimum atomic E-state index is -3.52. The van der Waals surface area contributed by atoms with E-state index >= 15 is 0 Å². The van der Waals surface area contributed by atoms with E-state index in [4.69, 9.17) is 9.47 Å². The zero-order valence-corrected chi connectivity index (χ0v) is 46.1. The van der Waals surface area contributed by atoms with Crippen LogP contribution in [0.2, 0.25) is 0 Å². The second-order valence-corrected chi connectivity index (χ2v) is 26.0. The van der Waals surface area contributed by atoms with Crippen LogP contribution in [0.25, 0.3) is 0 Å². The molecular formula is C54H80N6O8S4. The molecule has 0 radical (unpaired) electrons. The minimum Gasteiger partial charge on any atom is -0.497 e. The van der Waals surface area contributed by atoms with E-state index in [1.54, 1.807) is 95.6 Å². The predicted molar refractivity (Wildman–Crippen MR) is 290 cm³/mol. The molecule has 7 rings (SSSR count). The molecule has 3 aliphatic rings. The van der Waals surface area contributed by atoms with Gasteiger partial charge in [0, 0.05) is 59.1 Å². The molecule has 2 aromatic heterocycles. The van der Waals surface area contributed by atoms with E-state index in [2.05, 4.69) is 28.2 Å². The van der Waals surface area contributed by atoms with E-state index in [1.807, 2.05) is 0 Å². The van der Waals surface area contributed by atoms with Gasteiger partial charge in [-0.25, -0.2) is 16.8 Å². The van der Waals surface area contributed by atoms with Crippen molar-refractivity contribution in [3.05, 3.63) is 93.7 Å². The highest BCUT2D eigenvalue weighted by molar-refractivity contribution is 7.91. The van der Waals surface area contributed by atoms with E-state index in [9.17, 15) is 26.4 Å². The van der Waals surface area contributed by atoms with Crippen LogP contribution in [0, 0.1) is 5.92 Å². The summed E-state index contributed by atoms with van der Waals surface area (Å²) in [5.74, 6) is 1.61. The fourth-order valence-electron chi connectivity index (χ4n) is 9.62. The van der Waals surface area contributed by atoms with Gasteiger partial charge in [-0.2, -0.15) is 8.61 Å². The fourth-order valence-corrected chi connectivity index (χ4v) is 15.5. The number of amides is 2. The predicted octanol–water partition coefficient (Wildman–Crippen LogP) is 9.97. The summed E-state index contributed by atoms with van der Waals surface area (Å²) in [5.41, 5.74) is 1.00. The molecule has 2 saturated heterocycles. The molecule has 3 fully saturated rings. The fraction of sp³-hybridized carbons (Fsp3) is 0.593. The van der Waals surface area contributed by atoms with Gasteiger partial charge in [0.2, 0.25) is 0 Å². The van der Waals surface area contributed by atoms with Gasteiger partial charge in [-0.3, -0.25) is 9.59 Å². The topological polar surface area (TPSA) is 175 Å². The summed E-state index contributed by atoms with van der Waals surface area (Å²) in [6, 6.07) is 21.2. The molecule has 72 heavy (non-hydrogen) atoms. The Morgan fingerprint density at radius 3 is 1.51 bits per heavy atom. The third-order valence-electron chi connectivity index (χ3n) is 13.9. The lowest BCUT2D eigenvalue weighted by Gasteiger charge is -2.22. The van der Waals surface area contributed by atoms with Crippen molar-refractivity contribution in [1.82, 2.24) is 29.9 Å². The van der Waals surface area contributed by atoms with Crippen molar-refractivity contribution in [3.8, 4) is 11.5 Å². The van der Waals surface area contributed by atoms with Gasteiger partial charge >= 0.3 is 0 Å². The largest absolute Gasteiger partial charge is 0.497 e. The van der Waals surface area contributed by atoms with E-state index in [0.717, 1.165) is 48.0 Å². The Balaban J connectivity index is 0.000000237. The summed E-state index contributed by atoms with van der Waals surface area (Å²) in [6.45, 7) is 6.85. The molecule has 1 saturated carbocycles. The maximum absolute atomic E-state index is 13.2. The molecule has 14 nitrogen and oxygen atoms in total. The van der Waals surface area contributed by atoms with E-state index in [0.29, 0.717) is 57.2 Å². The lowest BCUT2D eigenvalue weighted by Crippen LogP contribution is -2.36. The van der Waals surface area contributed by atoms with Gasteiger partial charge in [0.25, 0.3) is 31.9 Å². The van der Waals surface area contributed by atoms with Crippen molar-refractivity contribution in [2.75, 3.05) is 53.5 Å². The highest BCUT2D eigenvalue weighted by Gasteiger charge is 2.35. The van der Waals surface area contributed by atoms with Gasteiger partial charge in [0.1, 0.15) is 19.9 Å². The molecule has 398 valence electrons. The van der Waals surface area contributed by atoms with Crippen LogP contribution in [-0.4, -0.2) is 103 Å². The molecule has 2 aliphatic heterocycles. The van der Waals surface area contributed by atoms with Crippen LogP contribution in [-0.2, 0) is 33.1 Å². The Hall–Kier alpha value is -3.88. The number of nitrogens with zero attached hydrogens (tertiary/aromatic N) is 2. The number of thiophene rings is 2. The number of hydrogen-bond acceptors (Lipinski definition) is 12. The molecule has 4 aromatic rings. The zero-order chi connectivity index (χ0) is 51.2. The molecule has 2 atom stereocenters. The number of unbranched alkanes of at least 4 members (excludes halogenated alkanes) is 9. The highest BCUT2D eigenvalue weighted by Crippen LogP contribution is 2.30. The Morgan fingerprint density at radius 1 is 0.583 bits per heavy atom. The van der Waals surface area contributed by atoms with Crippen LogP contribution in [0.1, 0.15) is 153 Å². The maximum atomic E-state index is 13.2. The lowest BCUT2D eigenvalue weighted by molar-refractivity contribution is 0.0943. The Labute approximate surface area is 438 Å². The Bertz CT molecular complexity index is 2490. The standard InChI is InChI=1S/C29H45N3O4S2.C25H35N3O4S2/c1-3-4-5-6-7-8-9-10-11-12-19-30-25-18-20-32(23-25)38(34,35)28-17-16-27(37-28)22-31-29(33)24-14-13-15-26(21-24)36-2;1-32-22-9-5-8-20(16-22)25(29)27-17-23-10-11-24(33-23)34(30,31)28-15-13-21(18-28)26-14-12-19-6-3-2-4-7-19/h13-17,21,25,30H,3-12,18-20,22-23H2,1-2H3,(H,31,33);5,8-11,16,19,21,26H,2-4,6-7,12-15,17-18H2,1H3,(H,27,29). The highest BCUT2D eigenvalue weighted by atomic mass is 32.3. The zero-order valence-electron chi connectivity index (χ0n) is 42.8. The van der Waals surface area contributed by atoms with Crippen LogP contribution in [0.15, 0.2) is 81.2 Å². The van der Waals surface area contributed by atoms with Crippen LogP contribution in [0.5, 0.6) is 11.5 Å². The monoisotopic (exact) mass is 1070 g/mol. The molecule has 4 N–H and O–H groups in total. The first-order chi connectivity index (χ1) is 34.9. The van der Waals surface area contributed by atoms with Gasteiger partial charge in [-0.15, -0.1) is 22.7 Å². The number of hydrogen-bond donors (Lipinski definition) is 4. The first kappa shape index (κ1) is 57.4. The third-order valence-corrected chi connectivity index (χ3v) is 20.8. The number of methoxy groups -OCH3 is 2. The normalized spacial score (nSPS) is 17.9. The molecule has 2 aromatic carbocycles. The molecule has 0 spiro atoms. The van der Waals surface area contributed by atoms with Crippen molar-refractivity contribution in [1.29, 1.82) is 0 Å². The van der Waals surface area contributed by atoms with Gasteiger partial charge < -0.3 is 30.7 Å². The van der Waals surface area contributed by atoms with Gasteiger partial charge in [0.05, 0.1) is 27.3 Å². The van der Waals surface area contributed by atoms with Crippen molar-refractivity contribution in [2.45, 2.75) is 156 Å². The average molecular weight is 1070 g/mol. The third kappa shape index (κ3) is 17.9. The van der Waals surface area contributed by atoms with Crippen LogP contribution >= 0.6 is 22.7 Å². The second-order valence-electron chi connectivity index (χ2n) is 19.4. The summed E-state index contributed by atoms with van der Waals surface area (Å²) in [4.78, 5) is 26.5. The minimum absolute atomic E-state index is 0.213. The molecule has 0 bridgehead atoms. The van der Waals surface area contributed by atoms with Crippen molar-refractivity contribution in [2.24, 2.45) is 5.92 Å². The van der Waals surface area contributed by atoms with Crippen LogP contribution in [0.3, 0.4) is 0 Å². The van der Waals surface area contributed by atoms with Crippen LogP contribution < -0.4 is 30.7 Å². The quantitative estimate of drug-likeness (QED) is 0.0401. The Kier molecular flexibility index (Phi) is 23.8. The van der Waals surface area contributed by atoms with Gasteiger partial charge in [-0.1, -0.05) is 109 Å². The smallest absolute Gasteiger partial charge is 0.252 e. The van der Waals surface area contributed by atoms with E-state index in [1.165, 1.54) is 119 Å². The molecule has 1 aliphatic carbocycles. The lowest BCUT2D eigenvalue weighted by atomic mass is 9.87. The summed E-state index contributed by atoms with van der Waals surface area (Å²) < 4.78 is 66.9. The average Bonchev–Trinajstić information content (AvgIpc) is 4.26. The first-order valence-corrected chi connectivity index (χ1v) is 30.9. The number of ether oxygens (including phenoxy) is 2. The van der Waals surface area contributed by atoms with Crippen LogP contribution in [0.4, 0.5) is 0 Å². The van der Waals surface area contributed by atoms with E-state index < -0.39 is 20.0 Å². The molecule has 2 unspecified atom stereocenters. The number of rotatable bonds is 28. The number of nitrogens with one attached hydrogen (secondary N) is 4. The summed E-state index contributed by atoms with van der Waals surface area (Å²) in [5, 5.41) is 12.9. The number of carbonyl (C=O) groups excluding carboxylic acids is 2. The van der Waals surface area contributed by atoms with Gasteiger partial charge in [-0.05, 0) is 105 Å². The van der Waals surface area contributed by atoms with Crippen molar-refractivity contribution >= 4 is 54.5 Å². The number of sulfonamides is 2. The maximum Gasteiger partial charge on any atom is 0.252 e.